The fourth-order valence-corrected chi connectivity index (χ4v) is 18.7. The van der Waals surface area contributed by atoms with Gasteiger partial charge in [0.1, 0.15) is 40.5 Å². The zero-order valence-electron chi connectivity index (χ0n) is 68.1. The van der Waals surface area contributed by atoms with Crippen LogP contribution in [0.2, 0.25) is 5.02 Å². The van der Waals surface area contributed by atoms with E-state index in [4.69, 9.17) is 11.6 Å². The molecule has 16 aromatic rings. The average molecular weight is 1630 g/mol. The highest BCUT2D eigenvalue weighted by Crippen LogP contribution is 2.52. The fraction of sp³-hybridized carbons (Fsp3) is 0.204. The monoisotopic (exact) mass is 1620 g/mol. The standard InChI is InChI=1S/2C25H22FN3O2.C24H21ClFN3.C24H21F2N3/c2*1-12(2)20-22(21-13(3)11-28-18-6-4-5-16(18)21)24(25(30)31)29-23(20)17-9-14(26)10-19-15(17)7-8-27-19;1-12(2)21-22(23-16-5-4-6-19(16)28-11-18(23)25)13(3)29-24(21)17-9-14(26)10-20-15(17)7-8-27-20;1-12(2)21-22(23-16-5-4-6-19(16)28-11-18(23)26)13(3)29-24(21)17-9-14(25)10-20-15(17)7-8-27-20/h2*4-5,7-12,27,29H,6H2,1-3H3,(H,30,31);2*4-5,7-12,27,29H,6H2,1-3H3. The Bertz CT molecular complexity index is 6620. The van der Waals surface area contributed by atoms with Crippen LogP contribution in [0, 0.1) is 56.8 Å². The second-order valence-corrected chi connectivity index (χ2v) is 32.8. The lowest BCUT2D eigenvalue weighted by molar-refractivity contribution is 0.0681. The number of rotatable bonds is 14. The molecule has 604 valence electrons. The van der Waals surface area contributed by atoms with E-state index in [9.17, 15) is 37.4 Å². The van der Waals surface area contributed by atoms with Gasteiger partial charge in [-0.25, -0.2) is 31.5 Å². The first-order valence-corrected chi connectivity index (χ1v) is 40.5. The van der Waals surface area contributed by atoms with Crippen molar-refractivity contribution in [3.8, 4) is 89.5 Å². The molecule has 4 aliphatic carbocycles. The Balaban J connectivity index is 0.000000114. The number of aromatic carboxylic acids is 2. The minimum Gasteiger partial charge on any atom is -0.477 e. The van der Waals surface area contributed by atoms with E-state index in [2.05, 4.69) is 107 Å². The quantitative estimate of drug-likeness (QED) is 0.0468. The van der Waals surface area contributed by atoms with Crippen molar-refractivity contribution in [2.75, 3.05) is 0 Å². The van der Waals surface area contributed by atoms with Crippen LogP contribution in [-0.2, 0) is 25.7 Å². The summed E-state index contributed by atoms with van der Waals surface area (Å²) in [6.07, 6.45) is 33.1. The molecule has 0 bridgehead atoms. The molecule has 12 aromatic heterocycles. The zero-order chi connectivity index (χ0) is 84.3. The number of hydrogen-bond donors (Lipinski definition) is 10. The van der Waals surface area contributed by atoms with Crippen LogP contribution in [0.3, 0.4) is 0 Å². The molecule has 0 aliphatic heterocycles. The molecule has 16 nitrogen and oxygen atoms in total. The summed E-state index contributed by atoms with van der Waals surface area (Å²) in [7, 11) is 0. The van der Waals surface area contributed by atoms with Gasteiger partial charge in [0.2, 0.25) is 0 Å². The molecule has 20 rings (SSSR count). The Morgan fingerprint density at radius 2 is 0.650 bits per heavy atom. The molecule has 0 fully saturated rings. The maximum atomic E-state index is 15.1. The summed E-state index contributed by atoms with van der Waals surface area (Å²) in [6, 6.07) is 19.7. The second-order valence-electron chi connectivity index (χ2n) is 32.4. The van der Waals surface area contributed by atoms with E-state index in [1.165, 1.54) is 42.6 Å². The third kappa shape index (κ3) is 13.7. The van der Waals surface area contributed by atoms with Gasteiger partial charge in [0.25, 0.3) is 0 Å². The number of fused-ring (bicyclic) bond motifs is 8. The highest BCUT2D eigenvalue weighted by molar-refractivity contribution is 6.34. The van der Waals surface area contributed by atoms with Gasteiger partial charge >= 0.3 is 11.9 Å². The SMILES string of the molecule is Cc1[nH]c(-c2cc(F)cc3[nH]ccc23)c(C(C)C)c1-c1c(Cl)cnc2c1C=CC2.Cc1[nH]c(-c2cc(F)cc3[nH]ccc23)c(C(C)C)c1-c1c(F)cnc2c1C=CC2.Cc1cnc2c(c1-c1c(C(=O)O)[nH]c(-c3cc(F)cc4[nH]ccc34)c1C(C)C)C=CC2.Cc1cnc2c(c1-c1c(C(=O)O)[nH]c(-c3cc(F)cc4[nH]ccc34)c1C(C)C)C=CC2. The van der Waals surface area contributed by atoms with Gasteiger partial charge in [-0.15, -0.1) is 0 Å². The predicted molar refractivity (Wildman–Crippen MR) is 470 cm³/mol. The number of nitrogens with zero attached hydrogens (tertiary/aromatic N) is 4. The van der Waals surface area contributed by atoms with Crippen LogP contribution in [0.5, 0.6) is 0 Å². The Hall–Kier alpha value is -13.4. The molecular formula is C98H86ClF5N12O4. The van der Waals surface area contributed by atoms with Crippen LogP contribution < -0.4 is 0 Å². The van der Waals surface area contributed by atoms with Crippen LogP contribution >= 0.6 is 11.6 Å². The molecule has 22 heteroatoms. The molecule has 0 unspecified atom stereocenters. The molecule has 12 heterocycles. The number of aromatic nitrogens is 12. The summed E-state index contributed by atoms with van der Waals surface area (Å²) < 4.78 is 72.7. The number of allylic oxidation sites excluding steroid dienone is 4. The number of carboxylic acids is 2. The number of aromatic amines is 8. The summed E-state index contributed by atoms with van der Waals surface area (Å²) >= 11 is 6.67. The second kappa shape index (κ2) is 31.1. The maximum absolute atomic E-state index is 15.1. The molecule has 0 amide bonds. The highest BCUT2D eigenvalue weighted by Gasteiger charge is 2.35. The number of nitrogens with one attached hydrogen (secondary N) is 8. The molecule has 0 saturated heterocycles. The van der Waals surface area contributed by atoms with Crippen molar-refractivity contribution in [3.05, 3.63) is 282 Å². The summed E-state index contributed by atoms with van der Waals surface area (Å²) in [5.74, 6) is -3.43. The van der Waals surface area contributed by atoms with Crippen LogP contribution in [-0.4, -0.2) is 82.0 Å². The van der Waals surface area contributed by atoms with Crippen LogP contribution in [0.1, 0.15) is 190 Å². The Morgan fingerprint density at radius 1 is 0.367 bits per heavy atom. The third-order valence-corrected chi connectivity index (χ3v) is 23.6. The number of benzene rings is 4. The van der Waals surface area contributed by atoms with Crippen LogP contribution in [0.25, 0.3) is 157 Å². The molecule has 0 spiro atoms. The first-order valence-electron chi connectivity index (χ1n) is 40.1. The van der Waals surface area contributed by atoms with Crippen molar-refractivity contribution in [1.29, 1.82) is 0 Å². The first kappa shape index (κ1) is 79.1. The van der Waals surface area contributed by atoms with Gasteiger partial charge in [-0.1, -0.05) is 116 Å². The van der Waals surface area contributed by atoms with Crippen molar-refractivity contribution in [1.82, 2.24) is 59.8 Å². The molecule has 0 saturated carbocycles. The minimum atomic E-state index is -1.04. The number of halogens is 6. The van der Waals surface area contributed by atoms with Gasteiger partial charge in [-0.05, 0) is 169 Å². The van der Waals surface area contributed by atoms with Crippen molar-refractivity contribution in [3.63, 3.8) is 0 Å². The third-order valence-electron chi connectivity index (χ3n) is 23.3. The summed E-state index contributed by atoms with van der Waals surface area (Å²) in [6.45, 7) is 24.5. The van der Waals surface area contributed by atoms with Gasteiger partial charge < -0.3 is 50.1 Å². The molecule has 0 radical (unpaired) electrons. The summed E-state index contributed by atoms with van der Waals surface area (Å²) in [5, 5.41) is 24.5. The summed E-state index contributed by atoms with van der Waals surface area (Å²) in [4.78, 5) is 68.1. The molecule has 0 atom stereocenters. The first-order chi connectivity index (χ1) is 57.6. The Morgan fingerprint density at radius 3 is 0.975 bits per heavy atom. The number of H-pyrrole nitrogens is 8. The van der Waals surface area contributed by atoms with Crippen molar-refractivity contribution >= 4 is 91.5 Å². The number of aryl methyl sites for hydroxylation is 4. The van der Waals surface area contributed by atoms with E-state index in [0.29, 0.717) is 61.7 Å². The smallest absolute Gasteiger partial charge is 0.352 e. The molecule has 4 aromatic carbocycles. The summed E-state index contributed by atoms with van der Waals surface area (Å²) in [5.41, 5.74) is 30.9. The van der Waals surface area contributed by atoms with E-state index in [1.807, 2.05) is 115 Å². The number of carboxylic acid groups (broad SMARTS) is 2. The number of hydrogen-bond acceptors (Lipinski definition) is 6. The van der Waals surface area contributed by atoms with E-state index in [1.54, 1.807) is 49.3 Å². The van der Waals surface area contributed by atoms with Crippen molar-refractivity contribution < 1.29 is 41.8 Å². The fourth-order valence-electron chi connectivity index (χ4n) is 18.4. The topological polar surface area (TPSA) is 252 Å². The molecular weight excluding hydrogens is 1540 g/mol. The Labute approximate surface area is 693 Å². The van der Waals surface area contributed by atoms with E-state index in [-0.39, 0.29) is 64.1 Å². The number of carbonyl (C=O) groups is 2. The highest BCUT2D eigenvalue weighted by atomic mass is 35.5. The van der Waals surface area contributed by atoms with E-state index < -0.39 is 11.9 Å². The lowest BCUT2D eigenvalue weighted by atomic mass is 9.87. The van der Waals surface area contributed by atoms with Gasteiger partial charge in [0, 0.05) is 202 Å². The molecule has 10 N–H and O–H groups in total. The average Bonchev–Trinajstić information content (AvgIpc) is 1.59. The van der Waals surface area contributed by atoms with Gasteiger partial charge in [-0.2, -0.15) is 0 Å². The normalized spacial score (nSPS) is 12.9. The van der Waals surface area contributed by atoms with Gasteiger partial charge in [-0.3, -0.25) is 19.9 Å². The van der Waals surface area contributed by atoms with E-state index >= 15 is 4.39 Å². The van der Waals surface area contributed by atoms with Crippen LogP contribution in [0.4, 0.5) is 22.0 Å². The molecule has 4 aliphatic rings. The lowest BCUT2D eigenvalue weighted by Gasteiger charge is -2.16. The number of pyridine rings is 4. The van der Waals surface area contributed by atoms with Crippen molar-refractivity contribution in [2.45, 2.75) is 132 Å². The van der Waals surface area contributed by atoms with Gasteiger partial charge in [0.05, 0.1) is 56.8 Å². The van der Waals surface area contributed by atoms with Crippen LogP contribution in [0.15, 0.2) is 147 Å². The predicted octanol–water partition coefficient (Wildman–Crippen LogP) is 25.6. The zero-order valence-corrected chi connectivity index (χ0v) is 68.8. The van der Waals surface area contributed by atoms with E-state index in [0.717, 1.165) is 192 Å². The minimum absolute atomic E-state index is 0.000192. The largest absolute Gasteiger partial charge is 0.477 e. The van der Waals surface area contributed by atoms with Gasteiger partial charge in [0.15, 0.2) is 0 Å². The maximum Gasteiger partial charge on any atom is 0.352 e. The lowest BCUT2D eigenvalue weighted by Crippen LogP contribution is -2.03. The molecule has 120 heavy (non-hydrogen) atoms. The van der Waals surface area contributed by atoms with Crippen molar-refractivity contribution in [2.24, 2.45) is 0 Å². The Kier molecular flexibility index (Phi) is 20.5.